The Labute approximate surface area is 121 Å². The topological polar surface area (TPSA) is 115 Å². The van der Waals surface area contributed by atoms with Gasteiger partial charge in [-0.3, -0.25) is 0 Å². The Morgan fingerprint density at radius 3 is 2.86 bits per heavy atom. The number of aliphatic hydroxyl groups is 1. The molecule has 1 aromatic heterocycles. The monoisotopic (exact) mass is 313 g/mol. The summed E-state index contributed by atoms with van der Waals surface area (Å²) in [5.41, 5.74) is 0.566. The highest BCUT2D eigenvalue weighted by Crippen LogP contribution is 2.24. The Hall–Kier alpha value is -1.97. The van der Waals surface area contributed by atoms with Crippen molar-refractivity contribution < 1.29 is 22.8 Å². The van der Waals surface area contributed by atoms with Crippen LogP contribution in [0.5, 0.6) is 5.75 Å². The summed E-state index contributed by atoms with van der Waals surface area (Å²) in [7, 11) is -2.36. The molecule has 2 aromatic rings. The van der Waals surface area contributed by atoms with E-state index in [4.69, 9.17) is 14.4 Å². The molecule has 0 aliphatic heterocycles. The minimum atomic E-state index is -3.73. The Morgan fingerprint density at radius 2 is 2.24 bits per heavy atom. The van der Waals surface area contributed by atoms with Crippen LogP contribution >= 0.6 is 0 Å². The Kier molecular flexibility index (Phi) is 4.89. The molecule has 0 aliphatic rings. The fourth-order valence-corrected chi connectivity index (χ4v) is 2.89. The molecule has 0 atom stereocenters. The van der Waals surface area contributed by atoms with Crippen LogP contribution in [0, 0.1) is 0 Å². The van der Waals surface area contributed by atoms with E-state index in [0.717, 1.165) is 0 Å². The van der Waals surface area contributed by atoms with Crippen molar-refractivity contribution in [3.8, 4) is 5.75 Å². The average molecular weight is 313 g/mol. The summed E-state index contributed by atoms with van der Waals surface area (Å²) in [5, 5.41) is 12.5. The molecular weight excluding hydrogens is 298 g/mol. The van der Waals surface area contributed by atoms with Crippen LogP contribution in [0.1, 0.15) is 11.5 Å². The zero-order chi connectivity index (χ0) is 15.3. The first-order chi connectivity index (χ1) is 10.1. The van der Waals surface area contributed by atoms with Crippen LogP contribution in [0.25, 0.3) is 0 Å². The number of aromatic nitrogens is 2. The standard InChI is InChI=1S/C12H15N3O5S/c1-19-10-6-9(7-16)2-3-11(10)21(17,18)15-5-4-12-13-8-14-20-12/h2-3,6,8,15-16H,4-5,7H2,1H3. The SMILES string of the molecule is COc1cc(CO)ccc1S(=O)(=O)NCCc1ncno1. The quantitative estimate of drug-likeness (QED) is 0.744. The average Bonchev–Trinajstić information content (AvgIpc) is 2.99. The lowest BCUT2D eigenvalue weighted by atomic mass is 10.2. The van der Waals surface area contributed by atoms with E-state index in [1.807, 2.05) is 0 Å². The molecule has 8 nitrogen and oxygen atoms in total. The lowest BCUT2D eigenvalue weighted by molar-refractivity contribution is 0.280. The number of nitrogens with one attached hydrogen (secondary N) is 1. The molecule has 0 radical (unpaired) electrons. The van der Waals surface area contributed by atoms with Gasteiger partial charge in [0.15, 0.2) is 6.33 Å². The number of sulfonamides is 1. The molecule has 0 aliphatic carbocycles. The molecule has 0 saturated carbocycles. The lowest BCUT2D eigenvalue weighted by Gasteiger charge is -2.11. The van der Waals surface area contributed by atoms with Crippen LogP contribution in [-0.2, 0) is 23.1 Å². The molecule has 0 spiro atoms. The molecule has 114 valence electrons. The van der Waals surface area contributed by atoms with Crippen molar-refractivity contribution in [2.75, 3.05) is 13.7 Å². The van der Waals surface area contributed by atoms with Crippen LogP contribution in [0.2, 0.25) is 0 Å². The van der Waals surface area contributed by atoms with E-state index in [1.54, 1.807) is 0 Å². The van der Waals surface area contributed by atoms with Gasteiger partial charge in [0.25, 0.3) is 0 Å². The molecule has 0 bridgehead atoms. The Morgan fingerprint density at radius 1 is 1.43 bits per heavy atom. The third-order valence-corrected chi connectivity index (χ3v) is 4.24. The summed E-state index contributed by atoms with van der Waals surface area (Å²) in [6.45, 7) is -0.0727. The molecule has 0 amide bonds. The highest BCUT2D eigenvalue weighted by Gasteiger charge is 2.19. The van der Waals surface area contributed by atoms with Gasteiger partial charge in [-0.1, -0.05) is 11.2 Å². The van der Waals surface area contributed by atoms with E-state index >= 15 is 0 Å². The molecule has 1 heterocycles. The number of methoxy groups -OCH3 is 1. The summed E-state index contributed by atoms with van der Waals surface area (Å²) >= 11 is 0. The van der Waals surface area contributed by atoms with Gasteiger partial charge in [0.05, 0.1) is 13.7 Å². The van der Waals surface area contributed by atoms with E-state index in [-0.39, 0.29) is 30.2 Å². The molecule has 1 aromatic carbocycles. The second-order valence-electron chi connectivity index (χ2n) is 4.13. The van der Waals surface area contributed by atoms with Gasteiger partial charge in [-0.15, -0.1) is 0 Å². The van der Waals surface area contributed by atoms with E-state index in [9.17, 15) is 8.42 Å². The highest BCUT2D eigenvalue weighted by atomic mass is 32.2. The zero-order valence-corrected chi connectivity index (χ0v) is 12.1. The maximum absolute atomic E-state index is 12.2. The highest BCUT2D eigenvalue weighted by molar-refractivity contribution is 7.89. The predicted octanol–water partition coefficient (Wildman–Crippen LogP) is 0.0915. The van der Waals surface area contributed by atoms with Crippen molar-refractivity contribution in [2.45, 2.75) is 17.9 Å². The van der Waals surface area contributed by atoms with E-state index in [2.05, 4.69) is 14.9 Å². The smallest absolute Gasteiger partial charge is 0.244 e. The number of rotatable bonds is 7. The molecular formula is C12H15N3O5S. The molecule has 2 N–H and O–H groups in total. The van der Waals surface area contributed by atoms with Gasteiger partial charge in [-0.05, 0) is 17.7 Å². The molecule has 2 rings (SSSR count). The van der Waals surface area contributed by atoms with Crippen LogP contribution in [0.3, 0.4) is 0 Å². The minimum absolute atomic E-state index is 0.00716. The maximum Gasteiger partial charge on any atom is 0.244 e. The number of hydrogen-bond acceptors (Lipinski definition) is 7. The first-order valence-corrected chi connectivity index (χ1v) is 7.58. The fourth-order valence-electron chi connectivity index (χ4n) is 1.71. The molecule has 0 fully saturated rings. The minimum Gasteiger partial charge on any atom is -0.495 e. The number of hydrogen-bond donors (Lipinski definition) is 2. The van der Waals surface area contributed by atoms with Crippen molar-refractivity contribution in [3.63, 3.8) is 0 Å². The van der Waals surface area contributed by atoms with Gasteiger partial charge >= 0.3 is 0 Å². The van der Waals surface area contributed by atoms with E-state index < -0.39 is 10.0 Å². The van der Waals surface area contributed by atoms with Crippen LogP contribution < -0.4 is 9.46 Å². The fraction of sp³-hybridized carbons (Fsp3) is 0.333. The van der Waals surface area contributed by atoms with Crippen molar-refractivity contribution in [1.29, 1.82) is 0 Å². The lowest BCUT2D eigenvalue weighted by Crippen LogP contribution is -2.26. The number of benzene rings is 1. The van der Waals surface area contributed by atoms with Gasteiger partial charge in [0.1, 0.15) is 10.6 Å². The predicted molar refractivity (Wildman–Crippen MR) is 72.1 cm³/mol. The second kappa shape index (κ2) is 6.66. The molecule has 0 saturated heterocycles. The summed E-state index contributed by atoms with van der Waals surface area (Å²) in [5.74, 6) is 0.520. The first kappa shape index (κ1) is 15.4. The van der Waals surface area contributed by atoms with Gasteiger partial charge in [0.2, 0.25) is 15.9 Å². The maximum atomic E-state index is 12.2. The molecule has 9 heteroatoms. The summed E-state index contributed by atoms with van der Waals surface area (Å²) in [6.07, 6.45) is 1.54. The van der Waals surface area contributed by atoms with Crippen molar-refractivity contribution >= 4 is 10.0 Å². The summed E-state index contributed by atoms with van der Waals surface area (Å²) in [6, 6.07) is 4.39. The number of nitrogens with zero attached hydrogens (tertiary/aromatic N) is 2. The second-order valence-corrected chi connectivity index (χ2v) is 5.86. The number of ether oxygens (including phenoxy) is 1. The van der Waals surface area contributed by atoms with E-state index in [0.29, 0.717) is 11.5 Å². The van der Waals surface area contributed by atoms with Crippen LogP contribution in [0.4, 0.5) is 0 Å². The molecule has 0 unspecified atom stereocenters. The van der Waals surface area contributed by atoms with Crippen LogP contribution in [0.15, 0.2) is 33.9 Å². The normalized spacial score (nSPS) is 11.5. The van der Waals surface area contributed by atoms with Crippen molar-refractivity contribution in [2.24, 2.45) is 0 Å². The summed E-state index contributed by atoms with van der Waals surface area (Å²) < 4.78 is 36.7. The van der Waals surface area contributed by atoms with Crippen molar-refractivity contribution in [3.05, 3.63) is 36.0 Å². The third-order valence-electron chi connectivity index (χ3n) is 2.74. The van der Waals surface area contributed by atoms with Gasteiger partial charge < -0.3 is 14.4 Å². The summed E-state index contributed by atoms with van der Waals surface area (Å²) in [4.78, 5) is 3.81. The third kappa shape index (κ3) is 3.78. The van der Waals surface area contributed by atoms with Gasteiger partial charge in [0, 0.05) is 13.0 Å². The van der Waals surface area contributed by atoms with Gasteiger partial charge in [-0.2, -0.15) is 4.98 Å². The van der Waals surface area contributed by atoms with E-state index in [1.165, 1.54) is 31.6 Å². The Balaban J connectivity index is 2.11. The van der Waals surface area contributed by atoms with Crippen LogP contribution in [-0.4, -0.2) is 37.3 Å². The largest absolute Gasteiger partial charge is 0.495 e. The molecule has 21 heavy (non-hydrogen) atoms. The first-order valence-electron chi connectivity index (χ1n) is 6.10. The van der Waals surface area contributed by atoms with Gasteiger partial charge in [-0.25, -0.2) is 13.1 Å². The zero-order valence-electron chi connectivity index (χ0n) is 11.3. The number of aliphatic hydroxyl groups excluding tert-OH is 1. The Bertz CT molecular complexity index is 685. The van der Waals surface area contributed by atoms with Crippen molar-refractivity contribution in [1.82, 2.24) is 14.9 Å².